The van der Waals surface area contributed by atoms with Gasteiger partial charge in [0.25, 0.3) is 0 Å². The first-order valence-electron chi connectivity index (χ1n) is 8.24. The van der Waals surface area contributed by atoms with Crippen LogP contribution in [0.3, 0.4) is 0 Å². The van der Waals surface area contributed by atoms with E-state index in [0.29, 0.717) is 17.7 Å². The van der Waals surface area contributed by atoms with Gasteiger partial charge in [-0.3, -0.25) is 4.79 Å². The van der Waals surface area contributed by atoms with E-state index in [0.717, 1.165) is 12.5 Å². The molecule has 22 heavy (non-hydrogen) atoms. The number of esters is 1. The molecule has 0 fully saturated rings. The topological polar surface area (TPSA) is 35.5 Å². The highest BCUT2D eigenvalue weighted by Gasteiger charge is 2.40. The summed E-state index contributed by atoms with van der Waals surface area (Å²) in [7, 11) is 0.0921. The second kappa shape index (κ2) is 9.71. The summed E-state index contributed by atoms with van der Waals surface area (Å²) in [6.45, 7) is 17.5. The van der Waals surface area contributed by atoms with E-state index in [4.69, 9.17) is 9.16 Å². The van der Waals surface area contributed by atoms with Gasteiger partial charge in [0, 0.05) is 7.11 Å². The van der Waals surface area contributed by atoms with Gasteiger partial charge in [-0.25, -0.2) is 0 Å². The number of hydrogen-bond donors (Lipinski definition) is 0. The number of hydrogen-bond acceptors (Lipinski definition) is 3. The lowest BCUT2D eigenvalue weighted by Crippen LogP contribution is -2.44. The van der Waals surface area contributed by atoms with Crippen molar-refractivity contribution in [1.82, 2.24) is 0 Å². The van der Waals surface area contributed by atoms with Crippen molar-refractivity contribution in [2.75, 3.05) is 13.7 Å². The minimum Gasteiger partial charge on any atom is -0.465 e. The van der Waals surface area contributed by atoms with E-state index in [9.17, 15) is 4.79 Å². The monoisotopic (exact) mass is 332 g/mol. The Bertz CT molecular complexity index is 314. The van der Waals surface area contributed by atoms with Crippen LogP contribution < -0.4 is 0 Å². The van der Waals surface area contributed by atoms with Crippen molar-refractivity contribution in [3.63, 3.8) is 0 Å². The van der Waals surface area contributed by atoms with Crippen molar-refractivity contribution < 1.29 is 14.0 Å². The largest absolute Gasteiger partial charge is 0.465 e. The van der Waals surface area contributed by atoms with Crippen LogP contribution in [0.5, 0.6) is 0 Å². The maximum Gasteiger partial charge on any atom is 0.311 e. The van der Waals surface area contributed by atoms with E-state index in [-0.39, 0.29) is 19.3 Å². The quantitative estimate of drug-likeness (QED) is 0.311. The Hall–Kier alpha value is -0.353. The van der Waals surface area contributed by atoms with Crippen LogP contribution in [0.15, 0.2) is 0 Å². The lowest BCUT2D eigenvalue weighted by atomic mass is 9.81. The molecule has 0 unspecified atom stereocenters. The smallest absolute Gasteiger partial charge is 0.311 e. The summed E-state index contributed by atoms with van der Waals surface area (Å²) in [5, 5.41) is 0. The standard InChI is InChI=1S/C17H36O3Si.CH4/c1-13(2)17(7,8)16(18)20-11-10-12-21(19-9,14(3)4)15(5)6;/h13-15H,10-12H2,1-9H3;1H4. The molecule has 0 aromatic heterocycles. The van der Waals surface area contributed by atoms with Gasteiger partial charge in [-0.2, -0.15) is 0 Å². The molecule has 0 aromatic rings. The predicted molar refractivity (Wildman–Crippen MR) is 98.7 cm³/mol. The molecule has 0 spiro atoms. The van der Waals surface area contributed by atoms with Crippen molar-refractivity contribution in [2.24, 2.45) is 11.3 Å². The van der Waals surface area contributed by atoms with E-state index < -0.39 is 13.7 Å². The summed E-state index contributed by atoms with van der Waals surface area (Å²) in [6, 6.07) is 1.05. The minimum atomic E-state index is -1.76. The molecule has 0 atom stereocenters. The first-order chi connectivity index (χ1) is 9.52. The van der Waals surface area contributed by atoms with Gasteiger partial charge in [0.2, 0.25) is 0 Å². The van der Waals surface area contributed by atoms with Gasteiger partial charge in [-0.15, -0.1) is 0 Å². The highest BCUT2D eigenvalue weighted by Crippen LogP contribution is 2.37. The third-order valence-electron chi connectivity index (χ3n) is 5.25. The molecule has 0 saturated carbocycles. The van der Waals surface area contributed by atoms with Crippen molar-refractivity contribution in [3.8, 4) is 0 Å². The van der Waals surface area contributed by atoms with Crippen molar-refractivity contribution in [2.45, 2.75) is 86.4 Å². The average molecular weight is 333 g/mol. The minimum absolute atomic E-state index is 0. The Morgan fingerprint density at radius 2 is 1.50 bits per heavy atom. The van der Waals surface area contributed by atoms with Gasteiger partial charge in [-0.1, -0.05) is 49.0 Å². The first-order valence-corrected chi connectivity index (χ1v) is 10.5. The fourth-order valence-electron chi connectivity index (χ4n) is 2.75. The molecular formula is C18H40O3Si. The Morgan fingerprint density at radius 3 is 1.82 bits per heavy atom. The predicted octanol–water partition coefficient (Wildman–Crippen LogP) is 5.65. The van der Waals surface area contributed by atoms with Gasteiger partial charge in [0.15, 0.2) is 8.32 Å². The van der Waals surface area contributed by atoms with Crippen LogP contribution in [0.1, 0.15) is 69.2 Å². The molecule has 0 amide bonds. The second-order valence-corrected chi connectivity index (χ2v) is 12.7. The Labute approximate surface area is 140 Å². The van der Waals surface area contributed by atoms with Crippen LogP contribution in [0, 0.1) is 11.3 Å². The Kier molecular flexibility index (Phi) is 10.6. The molecule has 0 radical (unpaired) electrons. The van der Waals surface area contributed by atoms with Gasteiger partial charge < -0.3 is 9.16 Å². The van der Waals surface area contributed by atoms with Crippen LogP contribution >= 0.6 is 0 Å². The molecule has 0 aromatic carbocycles. The number of carbonyl (C=O) groups is 1. The van der Waals surface area contributed by atoms with Crippen LogP contribution in [-0.2, 0) is 14.0 Å². The third kappa shape index (κ3) is 5.69. The van der Waals surface area contributed by atoms with Gasteiger partial charge >= 0.3 is 5.97 Å². The van der Waals surface area contributed by atoms with E-state index >= 15 is 0 Å². The third-order valence-corrected chi connectivity index (χ3v) is 11.1. The molecule has 0 rings (SSSR count). The molecule has 0 saturated heterocycles. The van der Waals surface area contributed by atoms with E-state index in [1.54, 1.807) is 0 Å². The van der Waals surface area contributed by atoms with Crippen molar-refractivity contribution in [1.29, 1.82) is 0 Å². The SMILES string of the molecule is C.CO[Si](CCCOC(=O)C(C)(C)C(C)C)(C(C)C)C(C)C. The first kappa shape index (κ1) is 23.9. The van der Waals surface area contributed by atoms with Crippen LogP contribution in [0.2, 0.25) is 17.1 Å². The Balaban J connectivity index is 0. The summed E-state index contributed by atoms with van der Waals surface area (Å²) >= 11 is 0. The lowest BCUT2D eigenvalue weighted by molar-refractivity contribution is -0.156. The number of rotatable bonds is 9. The summed E-state index contributed by atoms with van der Waals surface area (Å²) in [4.78, 5) is 12.1. The van der Waals surface area contributed by atoms with Crippen LogP contribution in [0.4, 0.5) is 0 Å². The molecule has 4 heteroatoms. The maximum atomic E-state index is 12.1. The number of ether oxygens (including phenoxy) is 1. The second-order valence-electron chi connectivity index (χ2n) is 7.58. The summed E-state index contributed by atoms with van der Waals surface area (Å²) in [5.74, 6) is 0.194. The summed E-state index contributed by atoms with van der Waals surface area (Å²) in [5.41, 5.74) is 0.738. The zero-order valence-electron chi connectivity index (χ0n) is 15.6. The lowest BCUT2D eigenvalue weighted by Gasteiger charge is -2.37. The number of carbonyl (C=O) groups excluding carboxylic acids is 1. The van der Waals surface area contributed by atoms with Crippen LogP contribution in [0.25, 0.3) is 0 Å². The molecule has 0 aliphatic rings. The molecule has 134 valence electrons. The Morgan fingerprint density at radius 1 is 1.05 bits per heavy atom. The van der Waals surface area contributed by atoms with Gasteiger partial charge in [0.05, 0.1) is 12.0 Å². The van der Waals surface area contributed by atoms with Gasteiger partial charge in [0.1, 0.15) is 0 Å². The molecule has 0 aliphatic carbocycles. The maximum absolute atomic E-state index is 12.1. The van der Waals surface area contributed by atoms with Crippen LogP contribution in [-0.4, -0.2) is 28.0 Å². The molecular weight excluding hydrogens is 292 g/mol. The van der Waals surface area contributed by atoms with E-state index in [1.807, 2.05) is 21.0 Å². The van der Waals surface area contributed by atoms with Crippen molar-refractivity contribution in [3.05, 3.63) is 0 Å². The molecule has 0 N–H and O–H groups in total. The normalized spacial score (nSPS) is 12.7. The van der Waals surface area contributed by atoms with Crippen molar-refractivity contribution >= 4 is 14.3 Å². The molecule has 0 bridgehead atoms. The van der Waals surface area contributed by atoms with E-state index in [2.05, 4.69) is 41.5 Å². The molecule has 0 heterocycles. The fraction of sp³-hybridized carbons (Fsp3) is 0.944. The summed E-state index contributed by atoms with van der Waals surface area (Å²) < 4.78 is 11.5. The highest BCUT2D eigenvalue weighted by molar-refractivity contribution is 6.76. The highest BCUT2D eigenvalue weighted by atomic mass is 28.4. The summed E-state index contributed by atoms with van der Waals surface area (Å²) in [6.07, 6.45) is 0.899. The van der Waals surface area contributed by atoms with Gasteiger partial charge in [-0.05, 0) is 43.3 Å². The molecule has 3 nitrogen and oxygen atoms in total. The zero-order chi connectivity index (χ0) is 16.8. The fourth-order valence-corrected chi connectivity index (χ4v) is 7.08. The van der Waals surface area contributed by atoms with E-state index in [1.165, 1.54) is 0 Å². The average Bonchev–Trinajstić information content (AvgIpc) is 2.37. The molecule has 0 aliphatic heterocycles. The zero-order valence-corrected chi connectivity index (χ0v) is 16.6.